The number of rotatable bonds is 8. The van der Waals surface area contributed by atoms with Crippen molar-refractivity contribution < 1.29 is 19.1 Å². The van der Waals surface area contributed by atoms with Crippen molar-refractivity contribution >= 4 is 11.9 Å². The fourth-order valence-electron chi connectivity index (χ4n) is 1.30. The third-order valence-corrected chi connectivity index (χ3v) is 2.11. The third-order valence-electron chi connectivity index (χ3n) is 2.11. The molecule has 0 heterocycles. The van der Waals surface area contributed by atoms with E-state index in [1.807, 2.05) is 12.2 Å². The molecule has 0 bridgehead atoms. The number of carbonyl (C=O) groups excluding carboxylic acids is 2. The van der Waals surface area contributed by atoms with Gasteiger partial charge in [0.25, 0.3) is 0 Å². The van der Waals surface area contributed by atoms with Gasteiger partial charge in [-0.3, -0.25) is 9.59 Å². The normalized spacial score (nSPS) is 8.82. The van der Waals surface area contributed by atoms with Gasteiger partial charge in [-0.1, -0.05) is 32.1 Å². The van der Waals surface area contributed by atoms with Crippen LogP contribution in [0.15, 0.2) is 0 Å². The first-order chi connectivity index (χ1) is 8.20. The van der Waals surface area contributed by atoms with Gasteiger partial charge in [0.05, 0.1) is 0 Å². The van der Waals surface area contributed by atoms with Gasteiger partial charge in [-0.2, -0.15) is 0 Å². The molecule has 17 heavy (non-hydrogen) atoms. The second-order valence-electron chi connectivity index (χ2n) is 3.45. The maximum absolute atomic E-state index is 10.8. The molecular formula is C13H16O4. The number of terminal acetylenes is 2. The van der Waals surface area contributed by atoms with E-state index in [2.05, 4.69) is 9.47 Å². The van der Waals surface area contributed by atoms with E-state index in [9.17, 15) is 9.59 Å². The molecule has 0 unspecified atom stereocenters. The molecule has 0 amide bonds. The van der Waals surface area contributed by atoms with Crippen molar-refractivity contribution in [3.8, 4) is 25.1 Å². The van der Waals surface area contributed by atoms with E-state index in [0.29, 0.717) is 12.8 Å². The molecule has 0 fully saturated rings. The molecule has 0 rings (SSSR count). The van der Waals surface area contributed by atoms with Gasteiger partial charge in [-0.05, 0) is 12.8 Å². The predicted molar refractivity (Wildman–Crippen MR) is 62.2 cm³/mol. The number of ether oxygens (including phenoxy) is 2. The molecular weight excluding hydrogens is 220 g/mol. The highest BCUT2D eigenvalue weighted by atomic mass is 16.5. The first-order valence-corrected chi connectivity index (χ1v) is 5.51. The van der Waals surface area contributed by atoms with Crippen LogP contribution in [-0.4, -0.2) is 11.9 Å². The Morgan fingerprint density at radius 1 is 0.765 bits per heavy atom. The summed E-state index contributed by atoms with van der Waals surface area (Å²) in [5, 5.41) is 0. The van der Waals surface area contributed by atoms with Crippen molar-refractivity contribution in [1.29, 1.82) is 0 Å². The van der Waals surface area contributed by atoms with E-state index in [4.69, 9.17) is 12.8 Å². The number of unbranched alkanes of at least 4 members (excludes halogenated alkanes) is 4. The summed E-state index contributed by atoms with van der Waals surface area (Å²) in [5.41, 5.74) is 0. The Kier molecular flexibility index (Phi) is 9.37. The molecule has 4 heteroatoms. The first kappa shape index (κ1) is 15.1. The number of carbonyl (C=O) groups is 2. The second kappa shape index (κ2) is 10.6. The average molecular weight is 236 g/mol. The Morgan fingerprint density at radius 3 is 1.47 bits per heavy atom. The molecule has 0 spiro atoms. The van der Waals surface area contributed by atoms with E-state index in [1.165, 1.54) is 0 Å². The van der Waals surface area contributed by atoms with Gasteiger partial charge >= 0.3 is 11.9 Å². The van der Waals surface area contributed by atoms with Gasteiger partial charge in [0.1, 0.15) is 12.2 Å². The summed E-state index contributed by atoms with van der Waals surface area (Å²) in [4.78, 5) is 21.7. The molecule has 0 saturated carbocycles. The Bertz CT molecular complexity index is 287. The van der Waals surface area contributed by atoms with Crippen molar-refractivity contribution in [3.63, 3.8) is 0 Å². The molecule has 0 aliphatic carbocycles. The maximum Gasteiger partial charge on any atom is 0.319 e. The van der Waals surface area contributed by atoms with Crippen LogP contribution in [0.2, 0.25) is 0 Å². The molecule has 0 aromatic heterocycles. The Balaban J connectivity index is 3.25. The van der Waals surface area contributed by atoms with Gasteiger partial charge in [0.2, 0.25) is 0 Å². The van der Waals surface area contributed by atoms with Crippen molar-refractivity contribution in [1.82, 2.24) is 0 Å². The Morgan fingerprint density at radius 2 is 1.12 bits per heavy atom. The molecule has 0 N–H and O–H groups in total. The van der Waals surface area contributed by atoms with E-state index >= 15 is 0 Å². The van der Waals surface area contributed by atoms with Gasteiger partial charge in [0, 0.05) is 12.8 Å². The minimum absolute atomic E-state index is 0.337. The van der Waals surface area contributed by atoms with E-state index in [-0.39, 0.29) is 11.9 Å². The quantitative estimate of drug-likeness (QED) is 0.367. The fraction of sp³-hybridized carbons (Fsp3) is 0.538. The summed E-state index contributed by atoms with van der Waals surface area (Å²) in [7, 11) is 0. The van der Waals surface area contributed by atoms with Gasteiger partial charge in [0.15, 0.2) is 0 Å². The highest BCUT2D eigenvalue weighted by Gasteiger charge is 2.02. The van der Waals surface area contributed by atoms with Crippen LogP contribution in [0.3, 0.4) is 0 Å². The van der Waals surface area contributed by atoms with Crippen molar-refractivity contribution in [2.75, 3.05) is 0 Å². The van der Waals surface area contributed by atoms with Crippen LogP contribution < -0.4 is 0 Å². The summed E-state index contributed by atoms with van der Waals surface area (Å²) >= 11 is 0. The molecule has 4 nitrogen and oxygen atoms in total. The summed E-state index contributed by atoms with van der Waals surface area (Å²) in [6.07, 6.45) is 18.2. The highest BCUT2D eigenvalue weighted by Crippen LogP contribution is 2.08. The summed E-state index contributed by atoms with van der Waals surface area (Å²) in [6.45, 7) is 0. The zero-order chi connectivity index (χ0) is 12.9. The van der Waals surface area contributed by atoms with Gasteiger partial charge in [-0.15, -0.1) is 0 Å². The SMILES string of the molecule is C#COC(=O)CCCCCCCC(=O)OC#C. The largest absolute Gasteiger partial charge is 0.372 e. The van der Waals surface area contributed by atoms with Crippen LogP contribution in [0.25, 0.3) is 0 Å². The van der Waals surface area contributed by atoms with E-state index in [0.717, 1.165) is 32.1 Å². The van der Waals surface area contributed by atoms with Crippen LogP contribution in [0.1, 0.15) is 44.9 Å². The molecule has 0 atom stereocenters. The molecule has 0 saturated heterocycles. The van der Waals surface area contributed by atoms with Crippen LogP contribution in [0, 0.1) is 25.1 Å². The smallest absolute Gasteiger partial charge is 0.319 e. The van der Waals surface area contributed by atoms with Crippen molar-refractivity contribution in [2.24, 2.45) is 0 Å². The minimum Gasteiger partial charge on any atom is -0.372 e. The molecule has 0 aliphatic heterocycles. The molecule has 0 aliphatic rings. The molecule has 0 aromatic rings. The van der Waals surface area contributed by atoms with E-state index in [1.54, 1.807) is 0 Å². The lowest BCUT2D eigenvalue weighted by atomic mass is 10.1. The van der Waals surface area contributed by atoms with Gasteiger partial charge in [-0.25, -0.2) is 0 Å². The second-order valence-corrected chi connectivity index (χ2v) is 3.45. The average Bonchev–Trinajstić information content (AvgIpc) is 2.28. The lowest BCUT2D eigenvalue weighted by molar-refractivity contribution is -0.137. The lowest BCUT2D eigenvalue weighted by Gasteiger charge is -2.00. The number of hydrogen-bond donors (Lipinski definition) is 0. The zero-order valence-corrected chi connectivity index (χ0v) is 9.74. The fourth-order valence-corrected chi connectivity index (χ4v) is 1.30. The van der Waals surface area contributed by atoms with Crippen molar-refractivity contribution in [3.05, 3.63) is 0 Å². The predicted octanol–water partition coefficient (Wildman–Crippen LogP) is 1.98. The Hall–Kier alpha value is -1.94. The van der Waals surface area contributed by atoms with Crippen molar-refractivity contribution in [2.45, 2.75) is 44.9 Å². The van der Waals surface area contributed by atoms with Crippen LogP contribution in [-0.2, 0) is 19.1 Å². The summed E-state index contributed by atoms with van der Waals surface area (Å²) < 4.78 is 8.67. The van der Waals surface area contributed by atoms with Crippen LogP contribution >= 0.6 is 0 Å². The minimum atomic E-state index is -0.370. The zero-order valence-electron chi connectivity index (χ0n) is 9.74. The number of hydrogen-bond acceptors (Lipinski definition) is 4. The monoisotopic (exact) mass is 236 g/mol. The standard InChI is InChI=1S/C13H16O4/c1-3-16-12(14)10-8-6-5-7-9-11-13(15)17-4-2/h1-2H,5-11H2. The molecule has 92 valence electrons. The topological polar surface area (TPSA) is 52.6 Å². The number of esters is 2. The van der Waals surface area contributed by atoms with E-state index < -0.39 is 0 Å². The molecule has 0 radical (unpaired) electrons. The van der Waals surface area contributed by atoms with Crippen LogP contribution in [0.5, 0.6) is 0 Å². The highest BCUT2D eigenvalue weighted by molar-refractivity contribution is 5.70. The molecule has 0 aromatic carbocycles. The Labute approximate surface area is 102 Å². The summed E-state index contributed by atoms with van der Waals surface area (Å²) in [5.74, 6) is -0.741. The first-order valence-electron chi connectivity index (χ1n) is 5.51. The third kappa shape index (κ3) is 10.3. The lowest BCUT2D eigenvalue weighted by Crippen LogP contribution is -2.00. The summed E-state index contributed by atoms with van der Waals surface area (Å²) in [6, 6.07) is 0. The van der Waals surface area contributed by atoms with Crippen LogP contribution in [0.4, 0.5) is 0 Å². The maximum atomic E-state index is 10.8. The van der Waals surface area contributed by atoms with Gasteiger partial charge < -0.3 is 9.47 Å².